The van der Waals surface area contributed by atoms with E-state index < -0.39 is 6.09 Å². The van der Waals surface area contributed by atoms with Gasteiger partial charge in [0.15, 0.2) is 0 Å². The highest BCUT2D eigenvalue weighted by Crippen LogP contribution is 2.31. The molecule has 0 aliphatic carbocycles. The summed E-state index contributed by atoms with van der Waals surface area (Å²) in [7, 11) is 3.35. The van der Waals surface area contributed by atoms with Crippen LogP contribution in [0.4, 0.5) is 4.79 Å². The highest BCUT2D eigenvalue weighted by Gasteiger charge is 2.42. The van der Waals surface area contributed by atoms with Gasteiger partial charge in [-0.3, -0.25) is 4.79 Å². The molecular formula is C31H33N3O5. The number of nitrogens with zero attached hydrogens (tertiary/aromatic N) is 3. The molecule has 3 aromatic rings. The van der Waals surface area contributed by atoms with E-state index in [-0.39, 0.29) is 23.8 Å². The van der Waals surface area contributed by atoms with Crippen molar-refractivity contribution in [3.8, 4) is 11.5 Å². The Kier molecular flexibility index (Phi) is 8.66. The van der Waals surface area contributed by atoms with E-state index in [9.17, 15) is 14.7 Å². The Morgan fingerprint density at radius 1 is 0.949 bits per heavy atom. The molecule has 1 saturated heterocycles. The highest BCUT2D eigenvalue weighted by atomic mass is 16.5. The molecule has 1 aliphatic rings. The molecular weight excluding hydrogens is 494 g/mol. The number of carbonyl (C=O) groups is 2. The van der Waals surface area contributed by atoms with Crippen LogP contribution < -0.4 is 9.47 Å². The second-order valence-electron chi connectivity index (χ2n) is 9.61. The van der Waals surface area contributed by atoms with Gasteiger partial charge in [0, 0.05) is 13.0 Å². The molecule has 1 unspecified atom stereocenters. The fourth-order valence-electron chi connectivity index (χ4n) is 4.27. The SMILES string of the molecule is COc1ccc(/C=C2/C(Cc3ccc(OCc4ccccc4)cc3)N(C)C(=NC(=O)C(C)C)N2C(=O)O)cc1. The highest BCUT2D eigenvalue weighted by molar-refractivity contribution is 6.04. The summed E-state index contributed by atoms with van der Waals surface area (Å²) in [4.78, 5) is 32.1. The molecule has 8 heteroatoms. The quantitative estimate of drug-likeness (QED) is 0.405. The number of ether oxygens (including phenoxy) is 2. The van der Waals surface area contributed by atoms with Crippen LogP contribution in [0.1, 0.15) is 30.5 Å². The first kappa shape index (κ1) is 27.4. The van der Waals surface area contributed by atoms with Gasteiger partial charge in [-0.2, -0.15) is 4.99 Å². The maximum Gasteiger partial charge on any atom is 0.418 e. The molecule has 4 rings (SSSR count). The Morgan fingerprint density at radius 2 is 1.59 bits per heavy atom. The average Bonchev–Trinajstić information content (AvgIpc) is 3.19. The summed E-state index contributed by atoms with van der Waals surface area (Å²) < 4.78 is 11.2. The number of hydrogen-bond acceptors (Lipinski definition) is 4. The minimum atomic E-state index is -1.20. The summed E-state index contributed by atoms with van der Waals surface area (Å²) in [6.45, 7) is 3.94. The molecule has 1 N–H and O–H groups in total. The Morgan fingerprint density at radius 3 is 2.18 bits per heavy atom. The molecule has 1 heterocycles. The van der Waals surface area contributed by atoms with Crippen molar-refractivity contribution in [3.63, 3.8) is 0 Å². The zero-order valence-corrected chi connectivity index (χ0v) is 22.6. The number of hydrogen-bond donors (Lipinski definition) is 1. The van der Waals surface area contributed by atoms with Crippen molar-refractivity contribution in [1.82, 2.24) is 9.80 Å². The molecule has 0 spiro atoms. The minimum Gasteiger partial charge on any atom is -0.497 e. The smallest absolute Gasteiger partial charge is 0.418 e. The van der Waals surface area contributed by atoms with Crippen molar-refractivity contribution in [3.05, 3.63) is 101 Å². The summed E-state index contributed by atoms with van der Waals surface area (Å²) in [5, 5.41) is 10.2. The van der Waals surface area contributed by atoms with Crippen LogP contribution in [0.3, 0.4) is 0 Å². The van der Waals surface area contributed by atoms with Crippen molar-refractivity contribution >= 4 is 24.0 Å². The van der Waals surface area contributed by atoms with Crippen LogP contribution in [-0.2, 0) is 17.8 Å². The number of aliphatic imine (C=N–C) groups is 1. The predicted octanol–water partition coefficient (Wildman–Crippen LogP) is 5.69. The molecule has 0 radical (unpaired) electrons. The normalized spacial score (nSPS) is 17.2. The van der Waals surface area contributed by atoms with Crippen LogP contribution in [0.5, 0.6) is 11.5 Å². The molecule has 2 amide bonds. The zero-order valence-electron chi connectivity index (χ0n) is 22.6. The van der Waals surface area contributed by atoms with E-state index in [1.165, 1.54) is 0 Å². The lowest BCUT2D eigenvalue weighted by molar-refractivity contribution is -0.120. The van der Waals surface area contributed by atoms with Gasteiger partial charge in [-0.25, -0.2) is 9.69 Å². The lowest BCUT2D eigenvalue weighted by Gasteiger charge is -2.20. The predicted molar refractivity (Wildman–Crippen MR) is 151 cm³/mol. The number of likely N-dealkylation sites (N-methyl/N-ethyl adjacent to an activating group) is 1. The van der Waals surface area contributed by atoms with Crippen molar-refractivity contribution in [2.45, 2.75) is 32.9 Å². The van der Waals surface area contributed by atoms with Gasteiger partial charge < -0.3 is 19.5 Å². The summed E-state index contributed by atoms with van der Waals surface area (Å²) >= 11 is 0. The molecule has 8 nitrogen and oxygen atoms in total. The maximum absolute atomic E-state index is 12.5. The average molecular weight is 528 g/mol. The number of carboxylic acid groups (broad SMARTS) is 1. The second-order valence-corrected chi connectivity index (χ2v) is 9.61. The zero-order chi connectivity index (χ0) is 27.9. The fourth-order valence-corrected chi connectivity index (χ4v) is 4.27. The third-order valence-corrected chi connectivity index (χ3v) is 6.51. The Labute approximate surface area is 228 Å². The number of methoxy groups -OCH3 is 1. The van der Waals surface area contributed by atoms with Gasteiger partial charge in [-0.15, -0.1) is 0 Å². The van der Waals surface area contributed by atoms with Crippen LogP contribution in [-0.4, -0.2) is 53.1 Å². The molecule has 3 aromatic carbocycles. The molecule has 1 atom stereocenters. The van der Waals surface area contributed by atoms with Gasteiger partial charge in [0.2, 0.25) is 5.96 Å². The van der Waals surface area contributed by atoms with Gasteiger partial charge in [-0.05, 0) is 53.5 Å². The molecule has 0 bridgehead atoms. The Hall–Kier alpha value is -4.59. The number of amides is 2. The van der Waals surface area contributed by atoms with E-state index in [0.717, 1.165) is 27.3 Å². The van der Waals surface area contributed by atoms with Crippen molar-refractivity contribution in [2.75, 3.05) is 14.2 Å². The minimum absolute atomic E-state index is 0.0915. The van der Waals surface area contributed by atoms with E-state index in [4.69, 9.17) is 9.47 Å². The van der Waals surface area contributed by atoms with E-state index in [1.807, 2.05) is 84.9 Å². The molecule has 39 heavy (non-hydrogen) atoms. The van der Waals surface area contributed by atoms with Crippen molar-refractivity contribution in [2.24, 2.45) is 10.9 Å². The van der Waals surface area contributed by atoms with E-state index in [2.05, 4.69) is 4.99 Å². The van der Waals surface area contributed by atoms with Crippen LogP contribution in [0.25, 0.3) is 6.08 Å². The van der Waals surface area contributed by atoms with Crippen LogP contribution in [0.15, 0.2) is 89.6 Å². The maximum atomic E-state index is 12.5. The molecule has 1 fully saturated rings. The van der Waals surface area contributed by atoms with Gasteiger partial charge in [0.25, 0.3) is 5.91 Å². The first-order chi connectivity index (χ1) is 18.8. The second kappa shape index (κ2) is 12.3. The van der Waals surface area contributed by atoms with Gasteiger partial charge >= 0.3 is 6.09 Å². The molecule has 1 aliphatic heterocycles. The van der Waals surface area contributed by atoms with Crippen molar-refractivity contribution in [1.29, 1.82) is 0 Å². The third-order valence-electron chi connectivity index (χ3n) is 6.51. The van der Waals surface area contributed by atoms with Gasteiger partial charge in [0.1, 0.15) is 18.1 Å². The van der Waals surface area contributed by atoms with E-state index in [1.54, 1.807) is 32.9 Å². The number of guanidine groups is 1. The number of carbonyl (C=O) groups excluding carboxylic acids is 1. The first-order valence-electron chi connectivity index (χ1n) is 12.8. The topological polar surface area (TPSA) is 91.7 Å². The lowest BCUT2D eigenvalue weighted by atomic mass is 10.0. The van der Waals surface area contributed by atoms with Crippen molar-refractivity contribution < 1.29 is 24.2 Å². The summed E-state index contributed by atoms with van der Waals surface area (Å²) in [5.41, 5.74) is 3.38. The molecule has 0 saturated carbocycles. The number of rotatable bonds is 8. The van der Waals surface area contributed by atoms with Gasteiger partial charge in [-0.1, -0.05) is 68.4 Å². The Balaban J connectivity index is 1.64. The fraction of sp³-hybridized carbons (Fsp3) is 0.258. The standard InChI is InChI=1S/C31H33N3O5/c1-21(2)29(35)32-30-33(3)27(28(34(30)31(36)37)19-23-10-14-25(38-4)15-11-23)18-22-12-16-26(17-13-22)39-20-24-8-6-5-7-9-24/h5-17,19,21,27H,18,20H2,1-4H3,(H,36,37)/b28-19-,32-30?. The van der Waals surface area contributed by atoms with Crippen LogP contribution in [0, 0.1) is 5.92 Å². The van der Waals surface area contributed by atoms with Crippen LogP contribution >= 0.6 is 0 Å². The number of benzene rings is 3. The third kappa shape index (κ3) is 6.65. The summed E-state index contributed by atoms with van der Waals surface area (Å²) in [6.07, 6.45) is 1.11. The van der Waals surface area contributed by atoms with Crippen LogP contribution in [0.2, 0.25) is 0 Å². The first-order valence-corrected chi connectivity index (χ1v) is 12.8. The van der Waals surface area contributed by atoms with E-state index >= 15 is 0 Å². The summed E-state index contributed by atoms with van der Waals surface area (Å²) in [5.74, 6) is 0.791. The van der Waals surface area contributed by atoms with Gasteiger partial charge in [0.05, 0.1) is 18.8 Å². The Bertz CT molecular complexity index is 1350. The monoisotopic (exact) mass is 527 g/mol. The van der Waals surface area contributed by atoms with E-state index in [0.29, 0.717) is 24.5 Å². The lowest BCUT2D eigenvalue weighted by Crippen LogP contribution is -2.36. The summed E-state index contributed by atoms with van der Waals surface area (Å²) in [6, 6.07) is 24.7. The largest absolute Gasteiger partial charge is 0.497 e. The molecule has 0 aromatic heterocycles. The molecule has 202 valence electrons.